The first-order chi connectivity index (χ1) is 25.6. The summed E-state index contributed by atoms with van der Waals surface area (Å²) in [5.74, 6) is -1.57. The van der Waals surface area contributed by atoms with E-state index in [-0.39, 0.29) is 42.7 Å². The van der Waals surface area contributed by atoms with Gasteiger partial charge in [0, 0.05) is 19.3 Å². The van der Waals surface area contributed by atoms with Gasteiger partial charge in [0.05, 0.1) is 34.4 Å². The topological polar surface area (TPSA) is 99.1 Å². The van der Waals surface area contributed by atoms with Crippen LogP contribution in [0.2, 0.25) is 0 Å². The molecule has 8 nitrogen and oxygen atoms in total. The molecule has 0 saturated heterocycles. The molecule has 0 aliphatic rings. The number of likely N-dealkylation sites (N-methyl/N-ethyl adjacent to an activating group) is 1. The Balaban J connectivity index is 4.55. The predicted molar refractivity (Wildman–Crippen MR) is 219 cm³/mol. The summed E-state index contributed by atoms with van der Waals surface area (Å²) in [6, 6.07) is -0.631. The molecule has 0 saturated carbocycles. The van der Waals surface area contributed by atoms with E-state index in [9.17, 15) is 19.5 Å². The van der Waals surface area contributed by atoms with Gasteiger partial charge in [-0.1, -0.05) is 130 Å². The third-order valence-corrected chi connectivity index (χ3v) is 8.11. The number of allylic oxidation sites excluding steroid dienone is 16. The Hall–Kier alpha value is -3.75. The molecule has 0 heterocycles. The van der Waals surface area contributed by atoms with Crippen LogP contribution in [0.5, 0.6) is 0 Å². The highest BCUT2D eigenvalue weighted by molar-refractivity contribution is 5.72. The maximum atomic E-state index is 12.7. The molecule has 2 atom stereocenters. The van der Waals surface area contributed by atoms with E-state index < -0.39 is 18.1 Å². The quantitative estimate of drug-likeness (QED) is 0.0235. The minimum atomic E-state index is -0.891. The van der Waals surface area contributed by atoms with E-state index in [4.69, 9.17) is 14.2 Å². The Kier molecular flexibility index (Phi) is 32.8. The lowest BCUT2D eigenvalue weighted by atomic mass is 10.1. The van der Waals surface area contributed by atoms with Gasteiger partial charge >= 0.3 is 17.9 Å². The van der Waals surface area contributed by atoms with Crippen LogP contribution in [0, 0.1) is 0 Å². The standard InChI is InChI=1S/C45H71NO7/c1-6-8-10-12-14-16-18-20-22-24-25-27-29-31-33-35-43(47)52-40-41(39-51-38-37-42(45(49)50)46(3,4)5)53-44(48)36-34-32-30-28-26-23-21-19-17-15-13-11-9-7-2/h8-12,14-18,20-25,41-42H,6-7,13,19,26-40H2,1-5H3/p+1/b10-8+,11-9+,14-12+,17-15+,18-16+,22-20+,23-21+,25-24+. The lowest BCUT2D eigenvalue weighted by Crippen LogP contribution is -2.50. The Morgan fingerprint density at radius 3 is 1.70 bits per heavy atom. The number of unbranched alkanes of at least 4 members (excludes halogenated alkanes) is 7. The van der Waals surface area contributed by atoms with Gasteiger partial charge in [0.2, 0.25) is 0 Å². The molecule has 0 aliphatic carbocycles. The molecule has 0 aromatic heterocycles. The van der Waals surface area contributed by atoms with Gasteiger partial charge in [-0.25, -0.2) is 4.79 Å². The third kappa shape index (κ3) is 33.8. The van der Waals surface area contributed by atoms with Crippen LogP contribution in [0.4, 0.5) is 0 Å². The minimum Gasteiger partial charge on any atom is -0.477 e. The van der Waals surface area contributed by atoms with Crippen LogP contribution in [-0.4, -0.2) is 80.6 Å². The molecular formula is C45H72NO7+. The van der Waals surface area contributed by atoms with Crippen molar-refractivity contribution in [2.24, 2.45) is 0 Å². The lowest BCUT2D eigenvalue weighted by Gasteiger charge is -2.31. The highest BCUT2D eigenvalue weighted by Gasteiger charge is 2.31. The SMILES string of the molecule is CC/C=C/C=C/C=C/C=C/C=C/CCCCCC(=O)OCC(COCCC(C(=O)O)[N+](C)(C)C)OC(=O)CCCCCC/C=C/C/C=C/C/C=C/CC. The summed E-state index contributed by atoms with van der Waals surface area (Å²) in [6.07, 6.45) is 45.9. The van der Waals surface area contributed by atoms with E-state index in [0.29, 0.717) is 12.8 Å². The maximum Gasteiger partial charge on any atom is 0.362 e. The summed E-state index contributed by atoms with van der Waals surface area (Å²) in [4.78, 5) is 36.8. The molecule has 0 amide bonds. The van der Waals surface area contributed by atoms with Crippen molar-refractivity contribution in [2.45, 2.75) is 129 Å². The second-order valence-corrected chi connectivity index (χ2v) is 13.9. The summed E-state index contributed by atoms with van der Waals surface area (Å²) in [5.41, 5.74) is 0. The van der Waals surface area contributed by atoms with Crippen LogP contribution in [0.25, 0.3) is 0 Å². The van der Waals surface area contributed by atoms with Crippen LogP contribution >= 0.6 is 0 Å². The van der Waals surface area contributed by atoms with E-state index in [1.54, 1.807) is 0 Å². The number of carbonyl (C=O) groups is 3. The van der Waals surface area contributed by atoms with Crippen LogP contribution in [0.3, 0.4) is 0 Å². The van der Waals surface area contributed by atoms with Gasteiger partial charge in [-0.2, -0.15) is 0 Å². The average Bonchev–Trinajstić information content (AvgIpc) is 3.11. The van der Waals surface area contributed by atoms with Gasteiger partial charge < -0.3 is 23.8 Å². The van der Waals surface area contributed by atoms with Crippen molar-refractivity contribution in [1.29, 1.82) is 0 Å². The number of nitrogens with zero attached hydrogens (tertiary/aromatic N) is 1. The Morgan fingerprint density at radius 2 is 1.09 bits per heavy atom. The second kappa shape index (κ2) is 35.3. The van der Waals surface area contributed by atoms with E-state index >= 15 is 0 Å². The summed E-state index contributed by atoms with van der Waals surface area (Å²) in [7, 11) is 5.48. The van der Waals surface area contributed by atoms with Crippen molar-refractivity contribution in [1.82, 2.24) is 0 Å². The number of hydrogen-bond donors (Lipinski definition) is 1. The van der Waals surface area contributed by atoms with Crippen LogP contribution < -0.4 is 0 Å². The number of ether oxygens (including phenoxy) is 3. The van der Waals surface area contributed by atoms with Crippen molar-refractivity contribution >= 4 is 17.9 Å². The predicted octanol–water partition coefficient (Wildman–Crippen LogP) is 10.3. The number of quaternary nitrogens is 1. The van der Waals surface area contributed by atoms with E-state index in [0.717, 1.165) is 83.5 Å². The second-order valence-electron chi connectivity index (χ2n) is 13.9. The number of carbonyl (C=O) groups excluding carboxylic acids is 2. The molecule has 2 unspecified atom stereocenters. The number of hydrogen-bond acceptors (Lipinski definition) is 6. The zero-order valence-electron chi connectivity index (χ0n) is 33.7. The molecule has 298 valence electrons. The number of aliphatic carboxylic acids is 1. The first kappa shape index (κ1) is 49.2. The third-order valence-electron chi connectivity index (χ3n) is 8.11. The number of rotatable bonds is 33. The van der Waals surface area contributed by atoms with Gasteiger partial charge in [-0.05, 0) is 64.2 Å². The largest absolute Gasteiger partial charge is 0.477 e. The van der Waals surface area contributed by atoms with Crippen LogP contribution in [0.1, 0.15) is 117 Å². The van der Waals surface area contributed by atoms with Crippen molar-refractivity contribution < 1.29 is 38.2 Å². The van der Waals surface area contributed by atoms with Crippen molar-refractivity contribution in [3.63, 3.8) is 0 Å². The summed E-state index contributed by atoms with van der Waals surface area (Å²) in [5, 5.41) is 9.59. The monoisotopic (exact) mass is 739 g/mol. The molecule has 0 aromatic carbocycles. The molecule has 0 aliphatic heterocycles. The Morgan fingerprint density at radius 1 is 0.585 bits per heavy atom. The first-order valence-corrected chi connectivity index (χ1v) is 19.8. The summed E-state index contributed by atoms with van der Waals surface area (Å²) >= 11 is 0. The normalized spacial score (nSPS) is 14.1. The molecule has 0 fully saturated rings. The van der Waals surface area contributed by atoms with Gasteiger partial charge in [-0.15, -0.1) is 0 Å². The van der Waals surface area contributed by atoms with Gasteiger partial charge in [-0.3, -0.25) is 9.59 Å². The van der Waals surface area contributed by atoms with Crippen LogP contribution in [0.15, 0.2) is 97.2 Å². The molecule has 8 heteroatoms. The van der Waals surface area contributed by atoms with Gasteiger partial charge in [0.25, 0.3) is 0 Å². The molecular weight excluding hydrogens is 666 g/mol. The Bertz CT molecular complexity index is 1180. The number of esters is 2. The van der Waals surface area contributed by atoms with Crippen molar-refractivity contribution in [2.75, 3.05) is 41.0 Å². The highest BCUT2D eigenvalue weighted by atomic mass is 16.6. The molecule has 0 bridgehead atoms. The molecule has 0 rings (SSSR count). The van der Waals surface area contributed by atoms with Gasteiger partial charge in [0.15, 0.2) is 12.1 Å². The first-order valence-electron chi connectivity index (χ1n) is 19.8. The van der Waals surface area contributed by atoms with Crippen LogP contribution in [-0.2, 0) is 28.6 Å². The molecule has 0 aromatic rings. The summed E-state index contributed by atoms with van der Waals surface area (Å²) in [6.45, 7) is 4.37. The number of carboxylic acids is 1. The fraction of sp³-hybridized carbons (Fsp3) is 0.578. The van der Waals surface area contributed by atoms with E-state index in [1.807, 2.05) is 69.8 Å². The minimum absolute atomic E-state index is 0.0308. The zero-order valence-corrected chi connectivity index (χ0v) is 33.7. The Labute approximate surface area is 322 Å². The molecule has 1 N–H and O–H groups in total. The average molecular weight is 739 g/mol. The summed E-state index contributed by atoms with van der Waals surface area (Å²) < 4.78 is 17.1. The maximum absolute atomic E-state index is 12.7. The fourth-order valence-corrected chi connectivity index (χ4v) is 5.07. The molecule has 0 spiro atoms. The molecule has 53 heavy (non-hydrogen) atoms. The highest BCUT2D eigenvalue weighted by Crippen LogP contribution is 2.12. The lowest BCUT2D eigenvalue weighted by molar-refractivity contribution is -0.887. The van der Waals surface area contributed by atoms with E-state index in [1.165, 1.54) is 0 Å². The van der Waals surface area contributed by atoms with Crippen molar-refractivity contribution in [3.05, 3.63) is 97.2 Å². The van der Waals surface area contributed by atoms with Crippen molar-refractivity contribution in [3.8, 4) is 0 Å². The number of carboxylic acid groups (broad SMARTS) is 1. The van der Waals surface area contributed by atoms with E-state index in [2.05, 4.69) is 62.5 Å². The smallest absolute Gasteiger partial charge is 0.362 e. The fourth-order valence-electron chi connectivity index (χ4n) is 5.07. The van der Waals surface area contributed by atoms with Gasteiger partial charge in [0.1, 0.15) is 6.61 Å². The molecule has 0 radical (unpaired) electrons. The zero-order chi connectivity index (χ0) is 39.3.